The van der Waals surface area contributed by atoms with E-state index in [0.717, 1.165) is 24.9 Å². The van der Waals surface area contributed by atoms with E-state index < -0.39 is 17.6 Å². The number of aryl methyl sites for hydroxylation is 1. The Hall–Kier alpha value is -3.56. The molecule has 1 aromatic heterocycles. The van der Waals surface area contributed by atoms with E-state index in [2.05, 4.69) is 25.9 Å². The number of carbonyl (C=O) groups is 2. The van der Waals surface area contributed by atoms with Crippen LogP contribution in [0.3, 0.4) is 0 Å². The highest BCUT2D eigenvalue weighted by atomic mass is 35.5. The van der Waals surface area contributed by atoms with Crippen molar-refractivity contribution in [2.24, 2.45) is 0 Å². The number of benzene rings is 2. The van der Waals surface area contributed by atoms with Crippen molar-refractivity contribution in [3.8, 4) is 11.3 Å². The van der Waals surface area contributed by atoms with Gasteiger partial charge >= 0.3 is 0 Å². The van der Waals surface area contributed by atoms with E-state index in [-0.39, 0.29) is 34.7 Å². The summed E-state index contributed by atoms with van der Waals surface area (Å²) >= 11 is 6.19. The summed E-state index contributed by atoms with van der Waals surface area (Å²) in [4.78, 5) is 34.1. The second-order valence-electron chi connectivity index (χ2n) is 8.43. The minimum Gasteiger partial charge on any atom is -0.382 e. The number of hydrogen-bond acceptors (Lipinski definition) is 6. The monoisotopic (exact) mass is 496 g/mol. The first-order valence-electron chi connectivity index (χ1n) is 11.3. The molecule has 182 valence electrons. The number of nitrogens with zero attached hydrogens (tertiary/aromatic N) is 2. The zero-order valence-corrected chi connectivity index (χ0v) is 20.0. The maximum atomic E-state index is 14.2. The standard InChI is InChI=1S/C25H26ClFN6O2/c1-14-7-8-19(27)18(21(14)26)12-31-24(34)16-5-2-4-15(10-16)20-13-30-23(28)22(33-20)25(35)32-17-6-3-9-29-11-17/h2,4-5,7-8,10,13,17,29H,3,6,9,11-12H2,1H3,(H2,28,30)(H,31,34)(H,32,35)/t17-/m0/s1. The van der Waals surface area contributed by atoms with Crippen LogP contribution < -0.4 is 21.7 Å². The van der Waals surface area contributed by atoms with E-state index in [0.29, 0.717) is 23.4 Å². The Kier molecular flexibility index (Phi) is 7.57. The van der Waals surface area contributed by atoms with Gasteiger partial charge in [0.1, 0.15) is 5.82 Å². The molecule has 2 heterocycles. The fourth-order valence-corrected chi connectivity index (χ4v) is 4.12. The number of carbonyl (C=O) groups excluding carboxylic acids is 2. The molecule has 1 aliphatic rings. The maximum Gasteiger partial charge on any atom is 0.274 e. The maximum absolute atomic E-state index is 14.2. The third-order valence-electron chi connectivity index (χ3n) is 5.87. The Morgan fingerprint density at radius 1 is 1.26 bits per heavy atom. The molecule has 1 aliphatic heterocycles. The Bertz CT molecular complexity index is 1260. The van der Waals surface area contributed by atoms with Crippen LogP contribution in [-0.4, -0.2) is 40.9 Å². The summed E-state index contributed by atoms with van der Waals surface area (Å²) < 4.78 is 14.2. The van der Waals surface area contributed by atoms with Crippen LogP contribution in [0.4, 0.5) is 10.2 Å². The molecule has 1 atom stereocenters. The lowest BCUT2D eigenvalue weighted by molar-refractivity contribution is 0.0923. The summed E-state index contributed by atoms with van der Waals surface area (Å²) in [6.07, 6.45) is 3.30. The zero-order valence-electron chi connectivity index (χ0n) is 19.2. The summed E-state index contributed by atoms with van der Waals surface area (Å²) in [5.74, 6) is -1.26. The molecule has 3 aromatic rings. The van der Waals surface area contributed by atoms with Crippen LogP contribution in [0.15, 0.2) is 42.6 Å². The molecule has 35 heavy (non-hydrogen) atoms. The number of amides is 2. The van der Waals surface area contributed by atoms with Crippen molar-refractivity contribution in [2.75, 3.05) is 18.8 Å². The number of nitrogens with one attached hydrogen (secondary N) is 3. The number of piperidine rings is 1. The summed E-state index contributed by atoms with van der Waals surface area (Å²) in [5.41, 5.74) is 8.23. The Balaban J connectivity index is 1.50. The van der Waals surface area contributed by atoms with Gasteiger partial charge in [-0.15, -0.1) is 0 Å². The van der Waals surface area contributed by atoms with Crippen LogP contribution in [0.25, 0.3) is 11.3 Å². The minimum absolute atomic E-state index is 0.000118. The average Bonchev–Trinajstić information content (AvgIpc) is 2.87. The molecule has 1 saturated heterocycles. The van der Waals surface area contributed by atoms with E-state index in [1.165, 1.54) is 12.3 Å². The van der Waals surface area contributed by atoms with Crippen LogP contribution in [0, 0.1) is 12.7 Å². The highest BCUT2D eigenvalue weighted by molar-refractivity contribution is 6.32. The van der Waals surface area contributed by atoms with Crippen LogP contribution in [-0.2, 0) is 6.54 Å². The average molecular weight is 497 g/mol. The van der Waals surface area contributed by atoms with E-state index in [1.54, 1.807) is 37.3 Å². The first kappa shape index (κ1) is 24.6. The fourth-order valence-electron chi connectivity index (χ4n) is 3.90. The number of hydrogen-bond donors (Lipinski definition) is 4. The van der Waals surface area contributed by atoms with Gasteiger partial charge in [-0.25, -0.2) is 14.4 Å². The van der Waals surface area contributed by atoms with Crippen molar-refractivity contribution in [1.82, 2.24) is 25.9 Å². The zero-order chi connectivity index (χ0) is 24.9. The first-order chi connectivity index (χ1) is 16.8. The summed E-state index contributed by atoms with van der Waals surface area (Å²) in [6, 6.07) is 9.59. The van der Waals surface area contributed by atoms with E-state index >= 15 is 0 Å². The van der Waals surface area contributed by atoms with Gasteiger partial charge in [0.15, 0.2) is 11.5 Å². The molecule has 2 aromatic carbocycles. The van der Waals surface area contributed by atoms with Gasteiger partial charge in [0.25, 0.3) is 11.8 Å². The molecule has 0 aliphatic carbocycles. The van der Waals surface area contributed by atoms with Crippen LogP contribution in [0.5, 0.6) is 0 Å². The SMILES string of the molecule is Cc1ccc(F)c(CNC(=O)c2cccc(-c3cnc(N)c(C(=O)N[C@H]4CCCNC4)n3)c2)c1Cl. The molecule has 0 bridgehead atoms. The molecule has 0 radical (unpaired) electrons. The van der Waals surface area contributed by atoms with Crippen LogP contribution in [0.2, 0.25) is 5.02 Å². The van der Waals surface area contributed by atoms with Gasteiger partial charge < -0.3 is 21.7 Å². The number of nitrogen functional groups attached to an aromatic ring is 1. The lowest BCUT2D eigenvalue weighted by atomic mass is 10.1. The summed E-state index contributed by atoms with van der Waals surface area (Å²) in [6.45, 7) is 3.33. The van der Waals surface area contributed by atoms with Crippen molar-refractivity contribution in [3.05, 3.63) is 75.8 Å². The molecule has 5 N–H and O–H groups in total. The quantitative estimate of drug-likeness (QED) is 0.415. The highest BCUT2D eigenvalue weighted by Gasteiger charge is 2.20. The second-order valence-corrected chi connectivity index (χ2v) is 8.80. The molecular weight excluding hydrogens is 471 g/mol. The number of rotatable bonds is 6. The predicted octanol–water partition coefficient (Wildman–Crippen LogP) is 3.24. The molecular formula is C25H26ClFN6O2. The van der Waals surface area contributed by atoms with Gasteiger partial charge in [0, 0.05) is 35.8 Å². The van der Waals surface area contributed by atoms with E-state index in [9.17, 15) is 14.0 Å². The van der Waals surface area contributed by atoms with Gasteiger partial charge in [-0.3, -0.25) is 9.59 Å². The van der Waals surface area contributed by atoms with Crippen molar-refractivity contribution in [2.45, 2.75) is 32.4 Å². The second kappa shape index (κ2) is 10.8. The minimum atomic E-state index is -0.485. The van der Waals surface area contributed by atoms with Crippen molar-refractivity contribution in [1.29, 1.82) is 0 Å². The van der Waals surface area contributed by atoms with E-state index in [1.807, 2.05) is 0 Å². The summed E-state index contributed by atoms with van der Waals surface area (Å²) in [7, 11) is 0. The largest absolute Gasteiger partial charge is 0.382 e. The van der Waals surface area contributed by atoms with Gasteiger partial charge in [-0.05, 0) is 50.1 Å². The van der Waals surface area contributed by atoms with Crippen molar-refractivity contribution < 1.29 is 14.0 Å². The Morgan fingerprint density at radius 2 is 2.09 bits per heavy atom. The number of anilines is 1. The number of halogens is 2. The third kappa shape index (κ3) is 5.75. The molecule has 10 heteroatoms. The Labute approximate surface area is 207 Å². The molecule has 1 fully saturated rings. The first-order valence-corrected chi connectivity index (χ1v) is 11.7. The third-order valence-corrected chi connectivity index (χ3v) is 6.40. The number of aromatic nitrogens is 2. The molecule has 2 amide bonds. The summed E-state index contributed by atoms with van der Waals surface area (Å²) in [5, 5.41) is 9.16. The molecule has 4 rings (SSSR count). The Morgan fingerprint density at radius 3 is 2.86 bits per heavy atom. The highest BCUT2D eigenvalue weighted by Crippen LogP contribution is 2.24. The van der Waals surface area contributed by atoms with Gasteiger partial charge in [-0.1, -0.05) is 29.8 Å². The van der Waals surface area contributed by atoms with Gasteiger partial charge in [-0.2, -0.15) is 0 Å². The van der Waals surface area contributed by atoms with Crippen molar-refractivity contribution in [3.63, 3.8) is 0 Å². The lowest BCUT2D eigenvalue weighted by Crippen LogP contribution is -2.46. The van der Waals surface area contributed by atoms with Crippen LogP contribution in [0.1, 0.15) is 44.8 Å². The van der Waals surface area contributed by atoms with Crippen molar-refractivity contribution >= 4 is 29.2 Å². The molecule has 0 saturated carbocycles. The molecule has 8 nitrogen and oxygen atoms in total. The molecule has 0 unspecified atom stereocenters. The molecule has 0 spiro atoms. The number of nitrogens with two attached hydrogens (primary N) is 1. The van der Waals surface area contributed by atoms with Crippen LogP contribution >= 0.6 is 11.6 Å². The van der Waals surface area contributed by atoms with E-state index in [4.69, 9.17) is 17.3 Å². The lowest BCUT2D eigenvalue weighted by Gasteiger charge is -2.23. The van der Waals surface area contributed by atoms with Gasteiger partial charge in [0.2, 0.25) is 0 Å². The topological polar surface area (TPSA) is 122 Å². The smallest absolute Gasteiger partial charge is 0.274 e. The van der Waals surface area contributed by atoms with Gasteiger partial charge in [0.05, 0.1) is 16.9 Å². The normalized spacial score (nSPS) is 15.5. The fraction of sp³-hybridized carbons (Fsp3) is 0.280. The predicted molar refractivity (Wildman–Crippen MR) is 133 cm³/mol.